The monoisotopic (exact) mass is 418 g/mol. The Morgan fingerprint density at radius 2 is 1.07 bits per heavy atom. The van der Waals surface area contributed by atoms with Crippen LogP contribution in [0.3, 0.4) is 0 Å². The van der Waals surface area contributed by atoms with Gasteiger partial charge in [-0.25, -0.2) is 4.79 Å². The molecule has 0 saturated heterocycles. The lowest BCUT2D eigenvalue weighted by Gasteiger charge is -2.31. The van der Waals surface area contributed by atoms with Gasteiger partial charge in [0, 0.05) is 0 Å². The van der Waals surface area contributed by atoms with Crippen LogP contribution in [0.25, 0.3) is 0 Å². The number of esters is 1. The highest BCUT2D eigenvalue weighted by Crippen LogP contribution is 2.46. The van der Waals surface area contributed by atoms with Gasteiger partial charge in [-0.15, -0.1) is 0 Å². The van der Waals surface area contributed by atoms with E-state index in [1.807, 2.05) is 91.0 Å². The fourth-order valence-electron chi connectivity index (χ4n) is 3.63. The van der Waals surface area contributed by atoms with Crippen molar-refractivity contribution in [2.24, 2.45) is 0 Å². The maximum absolute atomic E-state index is 13.4. The van der Waals surface area contributed by atoms with Crippen LogP contribution in [0.2, 0.25) is 0 Å². The minimum atomic E-state index is -2.91. The summed E-state index contributed by atoms with van der Waals surface area (Å²) in [5.41, 5.74) is 0. The minimum Gasteiger partial charge on any atom is -0.465 e. The van der Waals surface area contributed by atoms with Crippen LogP contribution in [0, 0.1) is 0 Å². The molecule has 0 heterocycles. The highest BCUT2D eigenvalue weighted by atomic mass is 31.2. The molecule has 3 aromatic carbocycles. The lowest BCUT2D eigenvalue weighted by atomic mass is 10.1. The molecule has 0 spiro atoms. The van der Waals surface area contributed by atoms with E-state index in [9.17, 15) is 14.4 Å². The zero-order valence-electron chi connectivity index (χ0n) is 16.9. The van der Waals surface area contributed by atoms with Crippen molar-refractivity contribution >= 4 is 45.6 Å². The number of methoxy groups -OCH3 is 1. The molecule has 0 aromatic heterocycles. The summed E-state index contributed by atoms with van der Waals surface area (Å²) in [5, 5.41) is 2.57. The fourth-order valence-corrected chi connectivity index (χ4v) is 7.98. The van der Waals surface area contributed by atoms with Gasteiger partial charge in [0.25, 0.3) is 0 Å². The Hall–Kier alpha value is -3.23. The third kappa shape index (κ3) is 4.05. The second-order valence-corrected chi connectivity index (χ2v) is 10.2. The van der Waals surface area contributed by atoms with Gasteiger partial charge in [-0.05, 0) is 29.7 Å². The molecule has 0 amide bonds. The van der Waals surface area contributed by atoms with Crippen LogP contribution in [-0.2, 0) is 19.1 Å². The van der Waals surface area contributed by atoms with E-state index in [1.54, 1.807) is 0 Å². The van der Waals surface area contributed by atoms with Gasteiger partial charge in [0.15, 0.2) is 5.78 Å². The smallest absolute Gasteiger partial charge is 0.342 e. The Bertz CT molecular complexity index is 1000. The van der Waals surface area contributed by atoms with Crippen molar-refractivity contribution in [1.29, 1.82) is 0 Å². The van der Waals surface area contributed by atoms with E-state index >= 15 is 0 Å². The van der Waals surface area contributed by atoms with Gasteiger partial charge in [-0.1, -0.05) is 91.0 Å². The van der Waals surface area contributed by atoms with Crippen LogP contribution < -0.4 is 15.9 Å². The molecule has 0 aliphatic carbocycles. The van der Waals surface area contributed by atoms with Gasteiger partial charge < -0.3 is 4.74 Å². The predicted molar refractivity (Wildman–Crippen MR) is 122 cm³/mol. The SMILES string of the molecule is COC(=O)C(C(=O)CC(C)=O)=P(c1ccccc1)(c1ccccc1)c1ccccc1. The number of Topliss-reactive ketones (excluding diaryl/α,β-unsaturated/α-hetero) is 2. The van der Waals surface area contributed by atoms with Crippen molar-refractivity contribution in [3.05, 3.63) is 91.0 Å². The molecular weight excluding hydrogens is 395 g/mol. The maximum atomic E-state index is 13.4. The van der Waals surface area contributed by atoms with E-state index in [0.717, 1.165) is 15.9 Å². The number of hydrogen-bond donors (Lipinski definition) is 0. The summed E-state index contributed by atoms with van der Waals surface area (Å²) in [6.07, 6.45) is -0.349. The number of benzene rings is 3. The molecule has 152 valence electrons. The number of ether oxygens (including phenoxy) is 1. The summed E-state index contributed by atoms with van der Waals surface area (Å²) in [5.74, 6) is -1.50. The second-order valence-electron chi connectivity index (χ2n) is 6.82. The molecular formula is C25H23O4P. The average Bonchev–Trinajstić information content (AvgIpc) is 2.78. The Kier molecular flexibility index (Phi) is 6.81. The largest absolute Gasteiger partial charge is 0.465 e. The van der Waals surface area contributed by atoms with Gasteiger partial charge in [0.2, 0.25) is 0 Å². The number of carbonyl (C=O) groups is 3. The van der Waals surface area contributed by atoms with E-state index in [2.05, 4.69) is 0 Å². The zero-order valence-corrected chi connectivity index (χ0v) is 17.8. The topological polar surface area (TPSA) is 60.4 Å². The first kappa shape index (κ1) is 21.5. The molecule has 0 aliphatic heterocycles. The number of hydrogen-bond acceptors (Lipinski definition) is 4. The van der Waals surface area contributed by atoms with Crippen molar-refractivity contribution in [3.63, 3.8) is 0 Å². The van der Waals surface area contributed by atoms with Gasteiger partial charge >= 0.3 is 5.97 Å². The first-order valence-corrected chi connectivity index (χ1v) is 11.3. The molecule has 3 rings (SSSR count). The summed E-state index contributed by atoms with van der Waals surface area (Å²) in [7, 11) is 1.26. The van der Waals surface area contributed by atoms with Gasteiger partial charge in [0.1, 0.15) is 11.1 Å². The van der Waals surface area contributed by atoms with E-state index < -0.39 is 18.6 Å². The van der Waals surface area contributed by atoms with Crippen molar-refractivity contribution in [3.8, 4) is 0 Å². The first-order chi connectivity index (χ1) is 14.5. The van der Waals surface area contributed by atoms with E-state index in [1.165, 1.54) is 14.0 Å². The summed E-state index contributed by atoms with van der Waals surface area (Å²) < 4.78 is 5.11. The second kappa shape index (κ2) is 9.51. The molecule has 0 aliphatic rings. The molecule has 0 saturated carbocycles. The molecule has 0 atom stereocenters. The number of carbonyl (C=O) groups excluding carboxylic acids is 3. The van der Waals surface area contributed by atoms with Gasteiger partial charge in [0.05, 0.1) is 13.5 Å². The first-order valence-electron chi connectivity index (χ1n) is 9.56. The number of ketones is 2. The summed E-state index contributed by atoms with van der Waals surface area (Å²) in [6, 6.07) is 28.6. The Morgan fingerprint density at radius 1 is 0.700 bits per heavy atom. The average molecular weight is 418 g/mol. The molecule has 5 heteroatoms. The Morgan fingerprint density at radius 3 is 1.37 bits per heavy atom. The molecule has 0 bridgehead atoms. The van der Waals surface area contributed by atoms with E-state index in [-0.39, 0.29) is 17.5 Å². The van der Waals surface area contributed by atoms with E-state index in [0.29, 0.717) is 0 Å². The molecule has 0 fully saturated rings. The molecule has 0 unspecified atom stereocenters. The molecule has 0 radical (unpaired) electrons. The molecule has 0 N–H and O–H groups in total. The maximum Gasteiger partial charge on any atom is 0.342 e. The summed E-state index contributed by atoms with van der Waals surface area (Å²) in [6.45, 7) is -1.56. The van der Waals surface area contributed by atoms with Crippen LogP contribution in [0.15, 0.2) is 91.0 Å². The molecule has 30 heavy (non-hydrogen) atoms. The van der Waals surface area contributed by atoms with Crippen molar-refractivity contribution in [2.75, 3.05) is 7.11 Å². The van der Waals surface area contributed by atoms with Crippen LogP contribution in [0.5, 0.6) is 0 Å². The van der Waals surface area contributed by atoms with E-state index in [4.69, 9.17) is 4.74 Å². The van der Waals surface area contributed by atoms with Crippen LogP contribution >= 0.6 is 6.89 Å². The van der Waals surface area contributed by atoms with Gasteiger partial charge in [-0.3, -0.25) is 9.59 Å². The lowest BCUT2D eigenvalue weighted by molar-refractivity contribution is -0.133. The van der Waals surface area contributed by atoms with Crippen molar-refractivity contribution in [2.45, 2.75) is 13.3 Å². The molecule has 4 nitrogen and oxygen atoms in total. The predicted octanol–water partition coefficient (Wildman–Crippen LogP) is 2.87. The van der Waals surface area contributed by atoms with Crippen LogP contribution in [-0.4, -0.2) is 29.9 Å². The Balaban J connectivity index is 2.62. The normalized spacial score (nSPS) is 10.9. The summed E-state index contributed by atoms with van der Waals surface area (Å²) in [4.78, 5) is 38.4. The minimum absolute atomic E-state index is 0.0313. The third-order valence-electron chi connectivity index (χ3n) is 4.82. The molecule has 3 aromatic rings. The van der Waals surface area contributed by atoms with Crippen LogP contribution in [0.4, 0.5) is 0 Å². The number of rotatable bonds is 7. The highest BCUT2D eigenvalue weighted by Gasteiger charge is 2.37. The third-order valence-corrected chi connectivity index (χ3v) is 9.14. The van der Waals surface area contributed by atoms with Crippen molar-refractivity contribution < 1.29 is 19.1 Å². The highest BCUT2D eigenvalue weighted by molar-refractivity contribution is 7.97. The standard InChI is InChI=1S/C25H23O4P/c1-19(26)18-23(27)24(25(28)29-2)30(20-12-6-3-7-13-20,21-14-8-4-9-15-21)22-16-10-5-11-17-22/h3-17H,18H2,1-2H3. The lowest BCUT2D eigenvalue weighted by Crippen LogP contribution is -2.38. The summed E-state index contributed by atoms with van der Waals surface area (Å²) >= 11 is 0. The van der Waals surface area contributed by atoms with Gasteiger partial charge in [-0.2, -0.15) is 0 Å². The fraction of sp³-hybridized carbons (Fsp3) is 0.120. The van der Waals surface area contributed by atoms with Crippen LogP contribution in [0.1, 0.15) is 13.3 Å². The quantitative estimate of drug-likeness (QED) is 0.336. The Labute approximate surface area is 176 Å². The zero-order chi connectivity index (χ0) is 21.6. The van der Waals surface area contributed by atoms with Crippen molar-refractivity contribution in [1.82, 2.24) is 0 Å².